The Morgan fingerprint density at radius 3 is 1.43 bits per heavy atom. The first-order valence-electron chi connectivity index (χ1n) is 20.6. The van der Waals surface area contributed by atoms with Crippen LogP contribution in [0.1, 0.15) is 194 Å². The standard InChI is InChI=1S/C40H77O10P/c1-3-5-7-9-11-13-15-17-18-20-22-24-26-28-30-32-40(44)50-38(36-49-51(45,46)48-34-37(42)33-41)35-47-39(43)31-29-27-25-23-21-19-16-14-12-10-8-6-4-2/h17-18,37-38,41-42H,3-16,19-36H2,1-2H3,(H,45,46)/p-1/b18-17-/t37?,38-/m1/s1. The average Bonchev–Trinajstić information content (AvgIpc) is 3.12. The lowest BCUT2D eigenvalue weighted by Crippen LogP contribution is -2.30. The Balaban J connectivity index is 4.32. The maximum atomic E-state index is 12.6. The van der Waals surface area contributed by atoms with Gasteiger partial charge in [0, 0.05) is 12.8 Å². The van der Waals surface area contributed by atoms with Gasteiger partial charge < -0.3 is 33.6 Å². The third-order valence-electron chi connectivity index (χ3n) is 8.91. The molecule has 2 unspecified atom stereocenters. The van der Waals surface area contributed by atoms with E-state index in [2.05, 4.69) is 30.5 Å². The minimum absolute atomic E-state index is 0.162. The number of aliphatic hydroxyl groups excluding tert-OH is 2. The third kappa shape index (κ3) is 36.8. The Morgan fingerprint density at radius 1 is 0.588 bits per heavy atom. The van der Waals surface area contributed by atoms with Gasteiger partial charge in [-0.3, -0.25) is 14.2 Å². The number of esters is 2. The summed E-state index contributed by atoms with van der Waals surface area (Å²) >= 11 is 0. The number of allylic oxidation sites excluding steroid dienone is 2. The topological polar surface area (TPSA) is 152 Å². The molecule has 0 saturated heterocycles. The van der Waals surface area contributed by atoms with Crippen molar-refractivity contribution < 1.29 is 47.8 Å². The maximum absolute atomic E-state index is 12.6. The molecule has 51 heavy (non-hydrogen) atoms. The lowest BCUT2D eigenvalue weighted by Gasteiger charge is -2.26. The molecule has 0 aliphatic carbocycles. The van der Waals surface area contributed by atoms with Gasteiger partial charge in [-0.2, -0.15) is 0 Å². The van der Waals surface area contributed by atoms with Crippen molar-refractivity contribution in [2.45, 2.75) is 206 Å². The minimum Gasteiger partial charge on any atom is -0.756 e. The predicted molar refractivity (Wildman–Crippen MR) is 203 cm³/mol. The van der Waals surface area contributed by atoms with E-state index in [-0.39, 0.29) is 19.4 Å². The van der Waals surface area contributed by atoms with E-state index in [0.717, 1.165) is 57.8 Å². The number of hydrogen-bond donors (Lipinski definition) is 2. The number of carbonyl (C=O) groups is 2. The molecule has 0 aromatic rings. The number of phosphoric acid groups is 1. The zero-order valence-corrected chi connectivity index (χ0v) is 33.4. The fraction of sp³-hybridized carbons (Fsp3) is 0.900. The Morgan fingerprint density at radius 2 is 0.980 bits per heavy atom. The maximum Gasteiger partial charge on any atom is 0.306 e. The lowest BCUT2D eigenvalue weighted by molar-refractivity contribution is -0.230. The molecule has 0 fully saturated rings. The van der Waals surface area contributed by atoms with Gasteiger partial charge in [-0.1, -0.05) is 154 Å². The number of ether oxygens (including phenoxy) is 2. The average molecular weight is 748 g/mol. The van der Waals surface area contributed by atoms with E-state index in [1.165, 1.54) is 96.3 Å². The molecule has 302 valence electrons. The third-order valence-corrected chi connectivity index (χ3v) is 9.84. The van der Waals surface area contributed by atoms with Crippen LogP contribution in [0.25, 0.3) is 0 Å². The molecule has 11 heteroatoms. The van der Waals surface area contributed by atoms with Gasteiger partial charge in [0.2, 0.25) is 0 Å². The number of aliphatic hydroxyl groups is 2. The molecule has 0 radical (unpaired) electrons. The zero-order chi connectivity index (χ0) is 37.7. The summed E-state index contributed by atoms with van der Waals surface area (Å²) in [4.78, 5) is 37.0. The summed E-state index contributed by atoms with van der Waals surface area (Å²) in [5.41, 5.74) is 0. The Kier molecular flexibility index (Phi) is 36.1. The van der Waals surface area contributed by atoms with Crippen LogP contribution < -0.4 is 4.89 Å². The molecule has 0 spiro atoms. The largest absolute Gasteiger partial charge is 0.756 e. The number of hydrogen-bond acceptors (Lipinski definition) is 10. The molecular weight excluding hydrogens is 671 g/mol. The SMILES string of the molecule is CCCCCCCC/C=C\CCCCCCCC(=O)O[C@H](COC(=O)CCCCCCCCCCCCCCC)COP(=O)([O-])OCC(O)CO. The molecular formula is C40H76O10P-. The second kappa shape index (κ2) is 37.0. The minimum atomic E-state index is -4.86. The van der Waals surface area contributed by atoms with Crippen LogP contribution in [0.4, 0.5) is 0 Å². The van der Waals surface area contributed by atoms with Gasteiger partial charge in [0.15, 0.2) is 6.10 Å². The first kappa shape index (κ1) is 49.7. The monoisotopic (exact) mass is 748 g/mol. The Labute approximate surface area is 311 Å². The zero-order valence-electron chi connectivity index (χ0n) is 32.5. The van der Waals surface area contributed by atoms with Crippen LogP contribution in [0.5, 0.6) is 0 Å². The Hall–Kier alpha value is -1.29. The fourth-order valence-electron chi connectivity index (χ4n) is 5.69. The summed E-state index contributed by atoms with van der Waals surface area (Å²) in [6.07, 6.45) is 32.9. The Bertz CT molecular complexity index is 868. The van der Waals surface area contributed by atoms with E-state index in [0.29, 0.717) is 12.8 Å². The van der Waals surface area contributed by atoms with Gasteiger partial charge in [0.05, 0.1) is 19.8 Å². The van der Waals surface area contributed by atoms with Crippen LogP contribution in [0.2, 0.25) is 0 Å². The summed E-state index contributed by atoms with van der Waals surface area (Å²) in [6.45, 7) is 2.19. The summed E-state index contributed by atoms with van der Waals surface area (Å²) in [5.74, 6) is -0.963. The molecule has 2 N–H and O–H groups in total. The summed E-state index contributed by atoms with van der Waals surface area (Å²) in [7, 11) is -4.86. The molecule has 0 heterocycles. The number of unbranched alkanes of at least 4 members (excludes halogenated alkanes) is 23. The van der Waals surface area contributed by atoms with Crippen molar-refractivity contribution >= 4 is 19.8 Å². The molecule has 0 aromatic carbocycles. The van der Waals surface area contributed by atoms with Gasteiger partial charge in [0.25, 0.3) is 7.82 Å². The van der Waals surface area contributed by atoms with Gasteiger partial charge in [-0.05, 0) is 38.5 Å². The molecule has 0 aromatic heterocycles. The van der Waals surface area contributed by atoms with E-state index in [1.54, 1.807) is 0 Å². The number of carbonyl (C=O) groups excluding carboxylic acids is 2. The lowest BCUT2D eigenvalue weighted by atomic mass is 10.0. The summed E-state index contributed by atoms with van der Waals surface area (Å²) < 4.78 is 32.3. The van der Waals surface area contributed by atoms with E-state index in [1.807, 2.05) is 0 Å². The van der Waals surface area contributed by atoms with Crippen molar-refractivity contribution in [2.75, 3.05) is 26.4 Å². The van der Waals surface area contributed by atoms with Crippen molar-refractivity contribution in [1.29, 1.82) is 0 Å². The molecule has 10 nitrogen and oxygen atoms in total. The highest BCUT2D eigenvalue weighted by atomic mass is 31.2. The fourth-order valence-corrected chi connectivity index (χ4v) is 6.47. The highest BCUT2D eigenvalue weighted by molar-refractivity contribution is 7.45. The normalized spacial score (nSPS) is 14.1. The van der Waals surface area contributed by atoms with E-state index in [9.17, 15) is 24.2 Å². The quantitative estimate of drug-likeness (QED) is 0.0269. The highest BCUT2D eigenvalue weighted by Crippen LogP contribution is 2.38. The van der Waals surface area contributed by atoms with E-state index >= 15 is 0 Å². The second-order valence-electron chi connectivity index (χ2n) is 14.0. The van der Waals surface area contributed by atoms with Crippen LogP contribution in [-0.2, 0) is 32.7 Å². The van der Waals surface area contributed by atoms with Crippen molar-refractivity contribution in [1.82, 2.24) is 0 Å². The van der Waals surface area contributed by atoms with Crippen molar-refractivity contribution in [3.63, 3.8) is 0 Å². The first-order valence-corrected chi connectivity index (χ1v) is 22.1. The van der Waals surface area contributed by atoms with Crippen LogP contribution in [-0.4, -0.2) is 60.8 Å². The van der Waals surface area contributed by atoms with Gasteiger partial charge >= 0.3 is 11.9 Å². The molecule has 0 aliphatic rings. The number of phosphoric ester groups is 1. The second-order valence-corrected chi connectivity index (χ2v) is 15.4. The molecule has 0 bridgehead atoms. The van der Waals surface area contributed by atoms with E-state index < -0.39 is 51.8 Å². The molecule has 0 saturated carbocycles. The van der Waals surface area contributed by atoms with Crippen LogP contribution in [0.3, 0.4) is 0 Å². The molecule has 3 atom stereocenters. The van der Waals surface area contributed by atoms with Crippen LogP contribution >= 0.6 is 7.82 Å². The summed E-state index contributed by atoms with van der Waals surface area (Å²) in [5, 5.41) is 18.2. The summed E-state index contributed by atoms with van der Waals surface area (Å²) in [6, 6.07) is 0. The molecule has 0 amide bonds. The van der Waals surface area contributed by atoms with Crippen LogP contribution in [0, 0.1) is 0 Å². The van der Waals surface area contributed by atoms with Crippen molar-refractivity contribution in [3.05, 3.63) is 12.2 Å². The van der Waals surface area contributed by atoms with Gasteiger partial charge in [-0.25, -0.2) is 0 Å². The van der Waals surface area contributed by atoms with Crippen LogP contribution in [0.15, 0.2) is 12.2 Å². The first-order chi connectivity index (χ1) is 24.7. The predicted octanol–water partition coefficient (Wildman–Crippen LogP) is 9.81. The van der Waals surface area contributed by atoms with Crippen molar-refractivity contribution in [3.8, 4) is 0 Å². The number of rotatable bonds is 39. The molecule has 0 aliphatic heterocycles. The van der Waals surface area contributed by atoms with Crippen molar-refractivity contribution in [2.24, 2.45) is 0 Å². The van der Waals surface area contributed by atoms with Gasteiger partial charge in [0.1, 0.15) is 12.7 Å². The smallest absolute Gasteiger partial charge is 0.306 e. The molecule has 0 rings (SSSR count). The highest BCUT2D eigenvalue weighted by Gasteiger charge is 2.21. The van der Waals surface area contributed by atoms with Gasteiger partial charge in [-0.15, -0.1) is 0 Å². The van der Waals surface area contributed by atoms with E-state index in [4.69, 9.17) is 19.1 Å².